The van der Waals surface area contributed by atoms with Gasteiger partial charge in [0.15, 0.2) is 11.5 Å². The molecule has 1 aliphatic rings. The normalized spacial score (nSPS) is 13.3. The lowest BCUT2D eigenvalue weighted by Gasteiger charge is -2.29. The molecule has 0 saturated carbocycles. The van der Waals surface area contributed by atoms with Crippen LogP contribution < -0.4 is 9.47 Å². The van der Waals surface area contributed by atoms with Crippen molar-refractivity contribution in [2.45, 2.75) is 32.7 Å². The SMILES string of the molecule is COc1cc2c(cc1OC)CN(C(=O)CCc1cccc(C)c1)CC2. The number of rotatable bonds is 5. The summed E-state index contributed by atoms with van der Waals surface area (Å²) >= 11 is 0. The van der Waals surface area contributed by atoms with Gasteiger partial charge in [-0.1, -0.05) is 29.8 Å². The lowest BCUT2D eigenvalue weighted by atomic mass is 9.98. The molecule has 1 amide bonds. The molecule has 3 rings (SSSR count). The third kappa shape index (κ3) is 3.95. The molecule has 2 aromatic carbocycles. The largest absolute Gasteiger partial charge is 0.493 e. The molecule has 0 aliphatic carbocycles. The van der Waals surface area contributed by atoms with E-state index in [9.17, 15) is 4.79 Å². The number of nitrogens with zero attached hydrogens (tertiary/aromatic N) is 1. The van der Waals surface area contributed by atoms with Crippen LogP contribution in [0.25, 0.3) is 0 Å². The fourth-order valence-electron chi connectivity index (χ4n) is 3.37. The number of hydrogen-bond acceptors (Lipinski definition) is 3. The summed E-state index contributed by atoms with van der Waals surface area (Å²) in [5, 5.41) is 0. The van der Waals surface area contributed by atoms with Crippen LogP contribution in [0, 0.1) is 6.92 Å². The van der Waals surface area contributed by atoms with Gasteiger partial charge in [-0.05, 0) is 48.6 Å². The average molecular weight is 339 g/mol. The van der Waals surface area contributed by atoms with Gasteiger partial charge in [-0.25, -0.2) is 0 Å². The lowest BCUT2D eigenvalue weighted by Crippen LogP contribution is -2.36. The van der Waals surface area contributed by atoms with Crippen LogP contribution in [-0.2, 0) is 24.2 Å². The molecule has 0 aromatic heterocycles. The number of amides is 1. The smallest absolute Gasteiger partial charge is 0.223 e. The Labute approximate surface area is 149 Å². The fraction of sp³-hybridized carbons (Fsp3) is 0.381. The minimum absolute atomic E-state index is 0.210. The zero-order chi connectivity index (χ0) is 17.8. The van der Waals surface area contributed by atoms with E-state index in [1.54, 1.807) is 14.2 Å². The Hall–Kier alpha value is -2.49. The summed E-state index contributed by atoms with van der Waals surface area (Å²) in [5.74, 6) is 1.68. The van der Waals surface area contributed by atoms with E-state index in [1.165, 1.54) is 16.7 Å². The predicted molar refractivity (Wildman–Crippen MR) is 98.2 cm³/mol. The first-order valence-corrected chi connectivity index (χ1v) is 8.68. The minimum Gasteiger partial charge on any atom is -0.493 e. The summed E-state index contributed by atoms with van der Waals surface area (Å²) < 4.78 is 10.8. The van der Waals surface area contributed by atoms with E-state index in [1.807, 2.05) is 23.1 Å². The Morgan fingerprint density at radius 1 is 1.08 bits per heavy atom. The highest BCUT2D eigenvalue weighted by Crippen LogP contribution is 2.33. The molecular formula is C21H25NO3. The quantitative estimate of drug-likeness (QED) is 0.836. The van der Waals surface area contributed by atoms with Gasteiger partial charge in [0.2, 0.25) is 5.91 Å². The maximum Gasteiger partial charge on any atom is 0.223 e. The van der Waals surface area contributed by atoms with Crippen molar-refractivity contribution < 1.29 is 14.3 Å². The zero-order valence-corrected chi connectivity index (χ0v) is 15.2. The minimum atomic E-state index is 0.210. The number of ether oxygens (including phenoxy) is 2. The summed E-state index contributed by atoms with van der Waals surface area (Å²) in [4.78, 5) is 14.6. The molecule has 25 heavy (non-hydrogen) atoms. The Kier molecular flexibility index (Phi) is 5.27. The Balaban J connectivity index is 1.66. The molecule has 0 unspecified atom stereocenters. The van der Waals surface area contributed by atoms with Gasteiger partial charge in [0, 0.05) is 19.5 Å². The molecule has 0 saturated heterocycles. The molecular weight excluding hydrogens is 314 g/mol. The first-order chi connectivity index (χ1) is 12.1. The standard InChI is InChI=1S/C21H25NO3/c1-15-5-4-6-16(11-15)7-8-21(23)22-10-9-17-12-19(24-2)20(25-3)13-18(17)14-22/h4-6,11-13H,7-10,14H2,1-3H3. The average Bonchev–Trinajstić information content (AvgIpc) is 2.64. The van der Waals surface area contributed by atoms with E-state index in [2.05, 4.69) is 25.1 Å². The molecule has 0 bridgehead atoms. The molecule has 1 aliphatic heterocycles. The van der Waals surface area contributed by atoms with Gasteiger partial charge in [-0.3, -0.25) is 4.79 Å². The third-order valence-corrected chi connectivity index (χ3v) is 4.78. The molecule has 132 valence electrons. The summed E-state index contributed by atoms with van der Waals surface area (Å²) in [6, 6.07) is 12.4. The number of carbonyl (C=O) groups is 1. The number of hydrogen-bond donors (Lipinski definition) is 0. The molecule has 0 fully saturated rings. The molecule has 0 atom stereocenters. The monoisotopic (exact) mass is 339 g/mol. The van der Waals surface area contributed by atoms with Gasteiger partial charge < -0.3 is 14.4 Å². The van der Waals surface area contributed by atoms with Crippen LogP contribution in [0.3, 0.4) is 0 Å². The van der Waals surface area contributed by atoms with Crippen LogP contribution in [0.1, 0.15) is 28.7 Å². The van der Waals surface area contributed by atoms with E-state index in [0.717, 1.165) is 36.4 Å². The molecule has 2 aromatic rings. The lowest BCUT2D eigenvalue weighted by molar-refractivity contribution is -0.132. The van der Waals surface area contributed by atoms with E-state index in [-0.39, 0.29) is 5.91 Å². The zero-order valence-electron chi connectivity index (χ0n) is 15.2. The van der Waals surface area contributed by atoms with Gasteiger partial charge >= 0.3 is 0 Å². The third-order valence-electron chi connectivity index (χ3n) is 4.78. The number of fused-ring (bicyclic) bond motifs is 1. The van der Waals surface area contributed by atoms with Crippen molar-refractivity contribution in [3.05, 3.63) is 58.7 Å². The first-order valence-electron chi connectivity index (χ1n) is 8.68. The van der Waals surface area contributed by atoms with Crippen molar-refractivity contribution >= 4 is 5.91 Å². The summed E-state index contributed by atoms with van der Waals surface area (Å²) in [6.45, 7) is 3.48. The molecule has 0 radical (unpaired) electrons. The molecule has 0 spiro atoms. The maximum absolute atomic E-state index is 12.6. The van der Waals surface area contributed by atoms with Crippen molar-refractivity contribution in [2.75, 3.05) is 20.8 Å². The van der Waals surface area contributed by atoms with E-state index in [0.29, 0.717) is 13.0 Å². The van der Waals surface area contributed by atoms with Crippen molar-refractivity contribution in [2.24, 2.45) is 0 Å². The highest BCUT2D eigenvalue weighted by atomic mass is 16.5. The van der Waals surface area contributed by atoms with Gasteiger partial charge in [0.05, 0.1) is 14.2 Å². The topological polar surface area (TPSA) is 38.8 Å². The summed E-state index contributed by atoms with van der Waals surface area (Å²) in [6.07, 6.45) is 2.19. The second kappa shape index (κ2) is 7.60. The van der Waals surface area contributed by atoms with Crippen molar-refractivity contribution in [1.29, 1.82) is 0 Å². The van der Waals surface area contributed by atoms with E-state index in [4.69, 9.17) is 9.47 Å². The maximum atomic E-state index is 12.6. The highest BCUT2D eigenvalue weighted by molar-refractivity contribution is 5.77. The Bertz CT molecular complexity index is 770. The van der Waals surface area contributed by atoms with Crippen LogP contribution >= 0.6 is 0 Å². The van der Waals surface area contributed by atoms with Gasteiger partial charge in [0.1, 0.15) is 0 Å². The van der Waals surface area contributed by atoms with Crippen LogP contribution in [0.4, 0.5) is 0 Å². The molecule has 4 heteroatoms. The van der Waals surface area contributed by atoms with Crippen LogP contribution in [0.15, 0.2) is 36.4 Å². The van der Waals surface area contributed by atoms with Gasteiger partial charge in [0.25, 0.3) is 0 Å². The van der Waals surface area contributed by atoms with E-state index < -0.39 is 0 Å². The fourth-order valence-corrected chi connectivity index (χ4v) is 3.37. The summed E-state index contributed by atoms with van der Waals surface area (Å²) in [5.41, 5.74) is 4.84. The van der Waals surface area contributed by atoms with Crippen molar-refractivity contribution in [1.82, 2.24) is 4.90 Å². The Morgan fingerprint density at radius 3 is 2.48 bits per heavy atom. The molecule has 0 N–H and O–H groups in total. The van der Waals surface area contributed by atoms with Gasteiger partial charge in [-0.2, -0.15) is 0 Å². The molecule has 4 nitrogen and oxygen atoms in total. The number of carbonyl (C=O) groups excluding carboxylic acids is 1. The molecule has 1 heterocycles. The first kappa shape index (κ1) is 17.3. The summed E-state index contributed by atoms with van der Waals surface area (Å²) in [7, 11) is 3.28. The van der Waals surface area contributed by atoms with Crippen LogP contribution in [0.2, 0.25) is 0 Å². The predicted octanol–water partition coefficient (Wildman–Crippen LogP) is 3.53. The second-order valence-electron chi connectivity index (χ2n) is 6.53. The number of aryl methyl sites for hydroxylation is 2. The number of benzene rings is 2. The van der Waals surface area contributed by atoms with Crippen LogP contribution in [-0.4, -0.2) is 31.6 Å². The van der Waals surface area contributed by atoms with Crippen molar-refractivity contribution in [3.63, 3.8) is 0 Å². The van der Waals surface area contributed by atoms with Crippen molar-refractivity contribution in [3.8, 4) is 11.5 Å². The second-order valence-corrected chi connectivity index (χ2v) is 6.53. The Morgan fingerprint density at radius 2 is 1.80 bits per heavy atom. The van der Waals surface area contributed by atoms with Crippen LogP contribution in [0.5, 0.6) is 11.5 Å². The highest BCUT2D eigenvalue weighted by Gasteiger charge is 2.22. The van der Waals surface area contributed by atoms with Gasteiger partial charge in [-0.15, -0.1) is 0 Å². The number of methoxy groups -OCH3 is 2. The van der Waals surface area contributed by atoms with E-state index >= 15 is 0 Å².